The molecule has 2 saturated heterocycles. The van der Waals surface area contributed by atoms with Crippen LogP contribution in [0.5, 0.6) is 0 Å². The van der Waals surface area contributed by atoms with E-state index < -0.39 is 21.6 Å². The topological polar surface area (TPSA) is 122 Å². The number of amides is 1. The van der Waals surface area contributed by atoms with Crippen molar-refractivity contribution in [1.29, 1.82) is 0 Å². The second-order valence-corrected chi connectivity index (χ2v) is 11.1. The molecule has 2 aliphatic rings. The van der Waals surface area contributed by atoms with Crippen LogP contribution in [0.3, 0.4) is 0 Å². The number of carbonyl (C=O) groups is 1. The average Bonchev–Trinajstić information content (AvgIpc) is 3.35. The normalized spacial score (nSPS) is 19.1. The van der Waals surface area contributed by atoms with E-state index >= 15 is 0 Å². The van der Waals surface area contributed by atoms with Crippen LogP contribution < -0.4 is 15.5 Å². The van der Waals surface area contributed by atoms with Crippen molar-refractivity contribution in [3.8, 4) is 5.69 Å². The van der Waals surface area contributed by atoms with Gasteiger partial charge in [-0.25, -0.2) is 13.1 Å². The maximum atomic E-state index is 13.3. The molecular weight excluding hydrogens is 487 g/mol. The van der Waals surface area contributed by atoms with Gasteiger partial charge in [0.1, 0.15) is 15.7 Å². The van der Waals surface area contributed by atoms with Crippen molar-refractivity contribution < 1.29 is 26.4 Å². The molecule has 1 aromatic carbocycles. The van der Waals surface area contributed by atoms with Crippen molar-refractivity contribution in [1.82, 2.24) is 25.1 Å². The van der Waals surface area contributed by atoms with Crippen molar-refractivity contribution in [3.63, 3.8) is 0 Å². The predicted molar refractivity (Wildman–Crippen MR) is 122 cm³/mol. The van der Waals surface area contributed by atoms with Crippen LogP contribution in [0, 0.1) is 5.92 Å². The second-order valence-electron chi connectivity index (χ2n) is 8.93. The van der Waals surface area contributed by atoms with Gasteiger partial charge in [-0.1, -0.05) is 6.07 Å². The fraction of sp³-hybridized carbons (Fsp3) is 0.429. The zero-order valence-electron chi connectivity index (χ0n) is 18.6. The number of sulfone groups is 1. The number of anilines is 2. The highest BCUT2D eigenvalue weighted by Gasteiger charge is 2.34. The third-order valence-electron chi connectivity index (χ3n) is 5.93. The molecule has 4 heterocycles. The number of alkyl halides is 3. The van der Waals surface area contributed by atoms with Crippen molar-refractivity contribution in [2.75, 3.05) is 41.9 Å². The van der Waals surface area contributed by atoms with Gasteiger partial charge in [-0.3, -0.25) is 4.79 Å². The minimum absolute atomic E-state index is 0.0541. The van der Waals surface area contributed by atoms with Gasteiger partial charge >= 0.3 is 6.18 Å². The minimum atomic E-state index is -4.51. The number of carbonyl (C=O) groups excluding carboxylic acids is 1. The summed E-state index contributed by atoms with van der Waals surface area (Å²) in [6.45, 7) is 1.30. The summed E-state index contributed by atoms with van der Waals surface area (Å²) in [5, 5.41) is 10.6. The second kappa shape index (κ2) is 8.36. The van der Waals surface area contributed by atoms with Crippen molar-refractivity contribution in [2.24, 2.45) is 5.92 Å². The van der Waals surface area contributed by atoms with Crippen molar-refractivity contribution >= 4 is 38.5 Å². The number of fused-ring (bicyclic) bond motifs is 1. The van der Waals surface area contributed by atoms with Crippen LogP contribution in [-0.4, -0.2) is 71.8 Å². The highest BCUT2D eigenvalue weighted by molar-refractivity contribution is 7.90. The number of rotatable bonds is 6. The number of halogens is 3. The molecule has 0 saturated carbocycles. The Hall–Kier alpha value is -3.42. The molecule has 0 aliphatic carbocycles. The van der Waals surface area contributed by atoms with Gasteiger partial charge in [0.05, 0.1) is 34.6 Å². The molecule has 0 spiro atoms. The highest BCUT2D eigenvalue weighted by Crippen LogP contribution is 2.34. The van der Waals surface area contributed by atoms with Crippen LogP contribution in [0.2, 0.25) is 0 Å². The summed E-state index contributed by atoms with van der Waals surface area (Å²) in [4.78, 5) is 22.6. The molecule has 0 bridgehead atoms. The molecule has 0 radical (unpaired) electrons. The molecule has 14 heteroatoms. The summed E-state index contributed by atoms with van der Waals surface area (Å²) in [7, 11) is -3.13. The summed E-state index contributed by atoms with van der Waals surface area (Å²) in [5.41, 5.74) is -0.337. The summed E-state index contributed by atoms with van der Waals surface area (Å²) in [5.74, 6) is 0.597. The lowest BCUT2D eigenvalue weighted by atomic mass is 10.0. The van der Waals surface area contributed by atoms with Gasteiger partial charge in [-0.05, 0) is 18.2 Å². The molecule has 1 amide bonds. The first-order valence-corrected chi connectivity index (χ1v) is 12.9. The van der Waals surface area contributed by atoms with Gasteiger partial charge in [0.25, 0.3) is 0 Å². The summed E-state index contributed by atoms with van der Waals surface area (Å²) >= 11 is 0. The van der Waals surface area contributed by atoms with Gasteiger partial charge in [0.2, 0.25) is 11.9 Å². The van der Waals surface area contributed by atoms with E-state index in [0.717, 1.165) is 12.1 Å². The van der Waals surface area contributed by atoms with E-state index in [1.54, 1.807) is 0 Å². The van der Waals surface area contributed by atoms with Crippen molar-refractivity contribution in [2.45, 2.75) is 18.6 Å². The highest BCUT2D eigenvalue weighted by atomic mass is 32.2. The standard InChI is InChI=1S/C21H22F3N7O3S/c1-35(33,34)11-12-9-30(10-12)18-16-8-26-31(15-4-2-3-13(5-15)21(22,23)24)19(16)29-20(28-18)27-14-6-17(32)25-7-14/h2-5,8,12,14H,6-7,9-11H2,1H3,(H,25,32)(H,27,28,29)/t14-/m0/s1. The van der Waals surface area contributed by atoms with Crippen LogP contribution in [0.25, 0.3) is 16.7 Å². The lowest BCUT2D eigenvalue weighted by Gasteiger charge is -2.40. The van der Waals surface area contributed by atoms with Crippen LogP contribution >= 0.6 is 0 Å². The third kappa shape index (κ3) is 4.88. The summed E-state index contributed by atoms with van der Waals surface area (Å²) < 4.78 is 64.4. The van der Waals surface area contributed by atoms with Gasteiger partial charge in [0.15, 0.2) is 5.65 Å². The maximum Gasteiger partial charge on any atom is 0.416 e. The molecule has 35 heavy (non-hydrogen) atoms. The van der Waals surface area contributed by atoms with E-state index in [4.69, 9.17) is 0 Å². The van der Waals surface area contributed by atoms with E-state index in [9.17, 15) is 26.4 Å². The van der Waals surface area contributed by atoms with Crippen LogP contribution in [0.1, 0.15) is 12.0 Å². The number of nitrogens with zero attached hydrogens (tertiary/aromatic N) is 5. The first-order chi connectivity index (χ1) is 16.5. The third-order valence-corrected chi connectivity index (χ3v) is 7.01. The average molecular weight is 510 g/mol. The largest absolute Gasteiger partial charge is 0.416 e. The van der Waals surface area contributed by atoms with E-state index in [1.165, 1.54) is 29.3 Å². The van der Waals surface area contributed by atoms with Gasteiger partial charge in [-0.15, -0.1) is 0 Å². The summed E-state index contributed by atoms with van der Waals surface area (Å²) in [6, 6.07) is 4.53. The molecule has 3 aromatic rings. The van der Waals surface area contributed by atoms with E-state index in [1.807, 2.05) is 4.90 Å². The predicted octanol–water partition coefficient (Wildman–Crippen LogP) is 1.62. The zero-order chi connectivity index (χ0) is 25.0. The van der Waals surface area contributed by atoms with Crippen LogP contribution in [-0.2, 0) is 20.8 Å². The lowest BCUT2D eigenvalue weighted by Crippen LogP contribution is -2.50. The maximum absolute atomic E-state index is 13.3. The molecule has 2 aromatic heterocycles. The van der Waals surface area contributed by atoms with Crippen LogP contribution in [0.4, 0.5) is 24.9 Å². The quantitative estimate of drug-likeness (QED) is 0.514. The molecule has 186 valence electrons. The molecular formula is C21H22F3N7O3S. The van der Waals surface area contributed by atoms with Gasteiger partial charge in [-0.2, -0.15) is 28.2 Å². The lowest BCUT2D eigenvalue weighted by molar-refractivity contribution is -0.137. The van der Waals surface area contributed by atoms with E-state index in [2.05, 4.69) is 25.7 Å². The first kappa shape index (κ1) is 23.3. The van der Waals surface area contributed by atoms with Crippen molar-refractivity contribution in [3.05, 3.63) is 36.0 Å². The monoisotopic (exact) mass is 509 g/mol. The van der Waals surface area contributed by atoms with Gasteiger partial charge in [0, 0.05) is 38.2 Å². The number of aromatic nitrogens is 4. The molecule has 1 atom stereocenters. The molecule has 0 unspecified atom stereocenters. The number of nitrogens with one attached hydrogen (secondary N) is 2. The van der Waals surface area contributed by atoms with E-state index in [0.29, 0.717) is 36.5 Å². The Morgan fingerprint density at radius 3 is 2.66 bits per heavy atom. The van der Waals surface area contributed by atoms with E-state index in [-0.39, 0.29) is 41.7 Å². The Bertz CT molecular complexity index is 1400. The zero-order valence-corrected chi connectivity index (χ0v) is 19.4. The fourth-order valence-electron chi connectivity index (χ4n) is 4.37. The molecule has 10 nitrogen and oxygen atoms in total. The molecule has 5 rings (SSSR count). The number of benzene rings is 1. The Kier molecular flexibility index (Phi) is 5.57. The Morgan fingerprint density at radius 1 is 1.23 bits per heavy atom. The minimum Gasteiger partial charge on any atom is -0.355 e. The number of hydrogen-bond donors (Lipinski definition) is 2. The Balaban J connectivity index is 1.54. The summed E-state index contributed by atoms with van der Waals surface area (Å²) in [6.07, 6.45) is -1.60. The Morgan fingerprint density at radius 2 is 2.00 bits per heavy atom. The first-order valence-electron chi connectivity index (χ1n) is 10.9. The smallest absolute Gasteiger partial charge is 0.355 e. The SMILES string of the molecule is CS(=O)(=O)CC1CN(c2nc(N[C@@H]3CNC(=O)C3)nc3c2cnn3-c2cccc(C(F)(F)F)c2)C1. The fourth-order valence-corrected chi connectivity index (χ4v) is 5.43. The number of hydrogen-bond acceptors (Lipinski definition) is 8. The Labute approximate surface area is 198 Å². The molecule has 2 aliphatic heterocycles. The molecule has 2 fully saturated rings. The molecule has 2 N–H and O–H groups in total. The van der Waals surface area contributed by atoms with Crippen LogP contribution in [0.15, 0.2) is 30.5 Å². The van der Waals surface area contributed by atoms with Gasteiger partial charge < -0.3 is 15.5 Å².